The fourth-order valence-electron chi connectivity index (χ4n) is 2.59. The minimum Gasteiger partial charge on any atom is -0.444 e. The van der Waals surface area contributed by atoms with E-state index in [2.05, 4.69) is 0 Å². The first-order valence-corrected chi connectivity index (χ1v) is 7.66. The van der Waals surface area contributed by atoms with Crippen LogP contribution < -0.4 is 0 Å². The summed E-state index contributed by atoms with van der Waals surface area (Å²) in [5.74, 6) is -0.624. The summed E-state index contributed by atoms with van der Waals surface area (Å²) >= 11 is 6.06. The molecular weight excluding hydrogens is 309 g/mol. The predicted octanol–water partition coefficient (Wildman–Crippen LogP) is 3.56. The number of carbonyl (C=O) groups is 1. The molecule has 1 N–H and O–H groups in total. The summed E-state index contributed by atoms with van der Waals surface area (Å²) in [5.41, 5.74) is 0.137. The Balaban J connectivity index is 2.05. The lowest BCUT2D eigenvalue weighted by Gasteiger charge is -2.37. The zero-order valence-corrected chi connectivity index (χ0v) is 13.7. The second-order valence-electron chi connectivity index (χ2n) is 6.55. The number of ether oxygens (including phenoxy) is 1. The van der Waals surface area contributed by atoms with E-state index >= 15 is 0 Å². The quantitative estimate of drug-likeness (QED) is 0.857. The van der Waals surface area contributed by atoms with Crippen molar-refractivity contribution < 1.29 is 19.0 Å². The van der Waals surface area contributed by atoms with Gasteiger partial charge in [0.05, 0.1) is 12.6 Å². The van der Waals surface area contributed by atoms with Crippen molar-refractivity contribution in [2.24, 2.45) is 0 Å². The van der Waals surface area contributed by atoms with E-state index in [1.165, 1.54) is 17.0 Å². The van der Waals surface area contributed by atoms with Crippen molar-refractivity contribution in [3.8, 4) is 0 Å². The molecule has 0 aromatic heterocycles. The number of rotatable bonds is 1. The fourth-order valence-corrected chi connectivity index (χ4v) is 2.90. The number of benzene rings is 1. The van der Waals surface area contributed by atoms with Crippen molar-refractivity contribution in [1.82, 2.24) is 4.90 Å². The molecule has 1 aliphatic rings. The molecule has 0 aliphatic carbocycles. The Labute approximate surface area is 134 Å². The number of aliphatic hydroxyl groups is 1. The SMILES string of the molecule is CC(C)(C)OC(=O)N1CC[C@H](c2ccc(F)cc2Cl)[C@@H](O)C1. The average Bonchev–Trinajstić information content (AvgIpc) is 2.37. The summed E-state index contributed by atoms with van der Waals surface area (Å²) in [4.78, 5) is 13.5. The van der Waals surface area contributed by atoms with Gasteiger partial charge < -0.3 is 14.7 Å². The van der Waals surface area contributed by atoms with Gasteiger partial charge in [0.1, 0.15) is 11.4 Å². The Bertz CT molecular complexity index is 559. The van der Waals surface area contributed by atoms with Crippen LogP contribution in [0.4, 0.5) is 9.18 Å². The minimum atomic E-state index is -0.760. The number of hydrogen-bond donors (Lipinski definition) is 1. The molecule has 0 unspecified atom stereocenters. The zero-order valence-electron chi connectivity index (χ0n) is 13.0. The molecule has 6 heteroatoms. The first-order chi connectivity index (χ1) is 10.2. The first-order valence-electron chi connectivity index (χ1n) is 7.28. The van der Waals surface area contributed by atoms with Gasteiger partial charge in [0.15, 0.2) is 0 Å². The van der Waals surface area contributed by atoms with Gasteiger partial charge in [-0.15, -0.1) is 0 Å². The topological polar surface area (TPSA) is 49.8 Å². The van der Waals surface area contributed by atoms with Gasteiger partial charge in [0.2, 0.25) is 0 Å². The monoisotopic (exact) mass is 329 g/mol. The van der Waals surface area contributed by atoms with E-state index in [0.717, 1.165) is 0 Å². The van der Waals surface area contributed by atoms with Gasteiger partial charge in [-0.05, 0) is 44.9 Å². The number of aliphatic hydroxyl groups excluding tert-OH is 1. The number of halogens is 2. The summed E-state index contributed by atoms with van der Waals surface area (Å²) in [6.07, 6.45) is -0.648. The van der Waals surface area contributed by atoms with E-state index in [1.807, 2.05) is 0 Å². The molecule has 1 amide bonds. The highest BCUT2D eigenvalue weighted by Gasteiger charge is 2.34. The van der Waals surface area contributed by atoms with Crippen molar-refractivity contribution in [3.63, 3.8) is 0 Å². The molecule has 2 atom stereocenters. The van der Waals surface area contributed by atoms with Crippen LogP contribution in [0.2, 0.25) is 5.02 Å². The van der Waals surface area contributed by atoms with Crippen molar-refractivity contribution >= 4 is 17.7 Å². The lowest BCUT2D eigenvalue weighted by molar-refractivity contribution is -0.00151. The fraction of sp³-hybridized carbons (Fsp3) is 0.562. The van der Waals surface area contributed by atoms with E-state index in [4.69, 9.17) is 16.3 Å². The maximum atomic E-state index is 13.1. The summed E-state index contributed by atoms with van der Waals surface area (Å²) < 4.78 is 18.4. The van der Waals surface area contributed by atoms with Gasteiger partial charge in [-0.25, -0.2) is 9.18 Å². The second-order valence-corrected chi connectivity index (χ2v) is 6.96. The standard InChI is InChI=1S/C16H21ClFNO3/c1-16(2,3)22-15(21)19-7-6-12(14(20)9-19)11-5-4-10(18)8-13(11)17/h4-5,8,12,14,20H,6-7,9H2,1-3H3/t12-,14+/m1/s1. The Morgan fingerprint density at radius 1 is 1.45 bits per heavy atom. The van der Waals surface area contributed by atoms with E-state index in [0.29, 0.717) is 23.6 Å². The summed E-state index contributed by atoms with van der Waals surface area (Å²) in [5, 5.41) is 10.6. The number of amides is 1. The van der Waals surface area contributed by atoms with Crippen LogP contribution in [0.25, 0.3) is 0 Å². The van der Waals surface area contributed by atoms with Crippen LogP contribution in [0.5, 0.6) is 0 Å². The molecule has 1 saturated heterocycles. The molecular formula is C16H21ClFNO3. The van der Waals surface area contributed by atoms with Crippen molar-refractivity contribution in [3.05, 3.63) is 34.6 Å². The van der Waals surface area contributed by atoms with Gasteiger partial charge in [0.25, 0.3) is 0 Å². The van der Waals surface area contributed by atoms with Crippen LogP contribution in [0.15, 0.2) is 18.2 Å². The summed E-state index contributed by atoms with van der Waals surface area (Å²) in [6.45, 7) is 6.03. The number of β-amino-alcohol motifs (C(OH)–C–C–N with tert-alkyl or cyclic N) is 1. The third kappa shape index (κ3) is 4.11. The molecule has 0 spiro atoms. The highest BCUT2D eigenvalue weighted by Crippen LogP contribution is 2.33. The second kappa shape index (κ2) is 6.42. The van der Waals surface area contributed by atoms with Crippen LogP contribution in [0, 0.1) is 5.82 Å². The van der Waals surface area contributed by atoms with Gasteiger partial charge in [-0.3, -0.25) is 0 Å². The third-order valence-corrected chi connectivity index (χ3v) is 3.92. The molecule has 1 fully saturated rings. The zero-order chi connectivity index (χ0) is 16.5. The van der Waals surface area contributed by atoms with Crippen LogP contribution in [-0.4, -0.2) is 40.9 Å². The van der Waals surface area contributed by atoms with Crippen molar-refractivity contribution in [2.75, 3.05) is 13.1 Å². The highest BCUT2D eigenvalue weighted by molar-refractivity contribution is 6.31. The van der Waals surface area contributed by atoms with Crippen molar-refractivity contribution in [1.29, 1.82) is 0 Å². The van der Waals surface area contributed by atoms with Gasteiger partial charge in [-0.2, -0.15) is 0 Å². The first kappa shape index (κ1) is 17.0. The largest absolute Gasteiger partial charge is 0.444 e. The molecule has 4 nitrogen and oxygen atoms in total. The summed E-state index contributed by atoms with van der Waals surface area (Å²) in [7, 11) is 0. The van der Waals surface area contributed by atoms with E-state index in [-0.39, 0.29) is 12.5 Å². The Morgan fingerprint density at radius 3 is 2.68 bits per heavy atom. The van der Waals surface area contributed by atoms with E-state index in [1.54, 1.807) is 26.8 Å². The lowest BCUT2D eigenvalue weighted by atomic mass is 9.87. The molecule has 0 saturated carbocycles. The van der Waals surface area contributed by atoms with Gasteiger partial charge >= 0.3 is 6.09 Å². The molecule has 22 heavy (non-hydrogen) atoms. The Kier molecular flexibility index (Phi) is 4.97. The lowest BCUT2D eigenvalue weighted by Crippen LogP contribution is -2.47. The van der Waals surface area contributed by atoms with Gasteiger partial charge in [0, 0.05) is 17.5 Å². The highest BCUT2D eigenvalue weighted by atomic mass is 35.5. The van der Waals surface area contributed by atoms with Crippen LogP contribution in [0.1, 0.15) is 38.7 Å². The molecule has 1 aromatic rings. The van der Waals surface area contributed by atoms with Crippen LogP contribution in [0.3, 0.4) is 0 Å². The van der Waals surface area contributed by atoms with E-state index in [9.17, 15) is 14.3 Å². The van der Waals surface area contributed by atoms with Crippen LogP contribution in [-0.2, 0) is 4.74 Å². The Morgan fingerprint density at radius 2 is 2.14 bits per heavy atom. The predicted molar refractivity (Wildman–Crippen MR) is 82.6 cm³/mol. The molecule has 1 aromatic carbocycles. The van der Waals surface area contributed by atoms with Crippen LogP contribution >= 0.6 is 11.6 Å². The van der Waals surface area contributed by atoms with E-state index < -0.39 is 23.6 Å². The molecule has 1 heterocycles. The Hall–Kier alpha value is -1.33. The molecule has 2 rings (SSSR count). The smallest absolute Gasteiger partial charge is 0.410 e. The average molecular weight is 330 g/mol. The van der Waals surface area contributed by atoms with Crippen molar-refractivity contribution in [2.45, 2.75) is 44.8 Å². The maximum Gasteiger partial charge on any atom is 0.410 e. The summed E-state index contributed by atoms with van der Waals surface area (Å²) in [6, 6.07) is 4.16. The number of nitrogens with zero attached hydrogens (tertiary/aromatic N) is 1. The van der Waals surface area contributed by atoms with Gasteiger partial charge in [-0.1, -0.05) is 17.7 Å². The third-order valence-electron chi connectivity index (χ3n) is 3.60. The number of hydrogen-bond acceptors (Lipinski definition) is 3. The number of piperidine rings is 1. The minimum absolute atomic E-state index is 0.174. The molecule has 0 radical (unpaired) electrons. The normalized spacial score (nSPS) is 22.5. The molecule has 1 aliphatic heterocycles. The molecule has 122 valence electrons. The number of carbonyl (C=O) groups excluding carboxylic acids is 1. The molecule has 0 bridgehead atoms. The maximum absolute atomic E-state index is 13.1. The number of likely N-dealkylation sites (tertiary alicyclic amines) is 1.